The summed E-state index contributed by atoms with van der Waals surface area (Å²) in [5.41, 5.74) is 2.14. The van der Waals surface area contributed by atoms with E-state index in [1.165, 1.54) is 0 Å². The van der Waals surface area contributed by atoms with Gasteiger partial charge in [0.1, 0.15) is 0 Å². The molecule has 0 bridgehead atoms. The highest BCUT2D eigenvalue weighted by molar-refractivity contribution is 5.78. The number of hydrogen-bond donors (Lipinski definition) is 0. The quantitative estimate of drug-likeness (QED) is 0.613. The standard InChI is InChI=1S/C19H16F3N/c1-13(14-6-9-16(10-7-14)19(20,21)22)12-17-11-8-15-4-2-3-5-18(15)23-17/h2-11,13H,12H2,1H3/t13-/m1/s1. The van der Waals surface area contributed by atoms with E-state index in [9.17, 15) is 13.2 Å². The lowest BCUT2D eigenvalue weighted by atomic mass is 9.95. The van der Waals surface area contributed by atoms with Gasteiger partial charge in [0.25, 0.3) is 0 Å². The topological polar surface area (TPSA) is 12.9 Å². The van der Waals surface area contributed by atoms with Crippen molar-refractivity contribution in [1.29, 1.82) is 0 Å². The van der Waals surface area contributed by atoms with Crippen molar-refractivity contribution in [1.82, 2.24) is 4.98 Å². The summed E-state index contributed by atoms with van der Waals surface area (Å²) in [7, 11) is 0. The Morgan fingerprint density at radius 2 is 1.61 bits per heavy atom. The van der Waals surface area contributed by atoms with Crippen LogP contribution < -0.4 is 0 Å². The first kappa shape index (κ1) is 15.5. The normalized spacial score (nSPS) is 13.2. The second-order valence-corrected chi connectivity index (χ2v) is 5.72. The first-order valence-electron chi connectivity index (χ1n) is 7.45. The Kier molecular flexibility index (Phi) is 4.07. The molecule has 0 saturated heterocycles. The predicted molar refractivity (Wildman–Crippen MR) is 85.3 cm³/mol. The molecule has 0 aliphatic heterocycles. The maximum absolute atomic E-state index is 12.6. The minimum atomic E-state index is -4.29. The van der Waals surface area contributed by atoms with Crippen molar-refractivity contribution < 1.29 is 13.2 Å². The van der Waals surface area contributed by atoms with Crippen LogP contribution in [0.5, 0.6) is 0 Å². The molecule has 23 heavy (non-hydrogen) atoms. The first-order valence-corrected chi connectivity index (χ1v) is 7.45. The van der Waals surface area contributed by atoms with Crippen molar-refractivity contribution >= 4 is 10.9 Å². The molecule has 1 atom stereocenters. The van der Waals surface area contributed by atoms with Crippen molar-refractivity contribution in [3.8, 4) is 0 Å². The number of hydrogen-bond acceptors (Lipinski definition) is 1. The van der Waals surface area contributed by atoms with E-state index in [-0.39, 0.29) is 5.92 Å². The molecule has 0 aliphatic rings. The Morgan fingerprint density at radius 3 is 2.30 bits per heavy atom. The molecule has 0 spiro atoms. The zero-order valence-electron chi connectivity index (χ0n) is 12.6. The molecule has 118 valence electrons. The van der Waals surface area contributed by atoms with Gasteiger partial charge in [0.15, 0.2) is 0 Å². The lowest BCUT2D eigenvalue weighted by molar-refractivity contribution is -0.137. The van der Waals surface area contributed by atoms with Crippen molar-refractivity contribution in [2.75, 3.05) is 0 Å². The van der Waals surface area contributed by atoms with Gasteiger partial charge in [-0.3, -0.25) is 4.98 Å². The number of rotatable bonds is 3. The van der Waals surface area contributed by atoms with Crippen LogP contribution in [0, 0.1) is 0 Å². The average Bonchev–Trinajstić information content (AvgIpc) is 2.54. The van der Waals surface area contributed by atoms with E-state index < -0.39 is 11.7 Å². The lowest BCUT2D eigenvalue weighted by Crippen LogP contribution is -2.06. The number of fused-ring (bicyclic) bond motifs is 1. The zero-order valence-corrected chi connectivity index (χ0v) is 12.6. The van der Waals surface area contributed by atoms with Crippen LogP contribution in [-0.2, 0) is 12.6 Å². The third kappa shape index (κ3) is 3.52. The third-order valence-corrected chi connectivity index (χ3v) is 3.98. The molecular weight excluding hydrogens is 299 g/mol. The molecule has 0 N–H and O–H groups in total. The Labute approximate surface area is 132 Å². The third-order valence-electron chi connectivity index (χ3n) is 3.98. The first-order chi connectivity index (χ1) is 10.9. The Hall–Kier alpha value is -2.36. The summed E-state index contributed by atoms with van der Waals surface area (Å²) in [5.74, 6) is 0.103. The summed E-state index contributed by atoms with van der Waals surface area (Å²) in [6.07, 6.45) is -3.60. The molecule has 1 aromatic heterocycles. The number of halogens is 3. The molecule has 3 aromatic rings. The summed E-state index contributed by atoms with van der Waals surface area (Å²) in [4.78, 5) is 4.62. The molecular formula is C19H16F3N. The Bertz CT molecular complexity index is 807. The van der Waals surface area contributed by atoms with E-state index in [0.29, 0.717) is 6.42 Å². The van der Waals surface area contributed by atoms with Crippen LogP contribution in [0.1, 0.15) is 29.7 Å². The van der Waals surface area contributed by atoms with E-state index in [2.05, 4.69) is 4.98 Å². The molecule has 2 aromatic carbocycles. The van der Waals surface area contributed by atoms with Crippen LogP contribution >= 0.6 is 0 Å². The van der Waals surface area contributed by atoms with Crippen LogP contribution in [0.3, 0.4) is 0 Å². The van der Waals surface area contributed by atoms with Crippen LogP contribution in [0.15, 0.2) is 60.7 Å². The van der Waals surface area contributed by atoms with Crippen LogP contribution in [-0.4, -0.2) is 4.98 Å². The molecule has 0 saturated carbocycles. The van der Waals surface area contributed by atoms with E-state index >= 15 is 0 Å². The second kappa shape index (κ2) is 6.03. The molecule has 4 heteroatoms. The lowest BCUT2D eigenvalue weighted by Gasteiger charge is -2.13. The summed E-state index contributed by atoms with van der Waals surface area (Å²) < 4.78 is 37.8. The molecule has 1 heterocycles. The fourth-order valence-corrected chi connectivity index (χ4v) is 2.65. The fourth-order valence-electron chi connectivity index (χ4n) is 2.65. The van der Waals surface area contributed by atoms with Crippen LogP contribution in [0.4, 0.5) is 13.2 Å². The van der Waals surface area contributed by atoms with E-state index in [0.717, 1.165) is 34.3 Å². The van der Waals surface area contributed by atoms with E-state index in [1.807, 2.05) is 43.3 Å². The molecule has 0 amide bonds. The van der Waals surface area contributed by atoms with Gasteiger partial charge in [-0.1, -0.05) is 43.3 Å². The smallest absolute Gasteiger partial charge is 0.253 e. The highest BCUT2D eigenvalue weighted by Crippen LogP contribution is 2.30. The van der Waals surface area contributed by atoms with Gasteiger partial charge in [0, 0.05) is 11.1 Å². The average molecular weight is 315 g/mol. The summed E-state index contributed by atoms with van der Waals surface area (Å²) in [6, 6.07) is 17.3. The highest BCUT2D eigenvalue weighted by Gasteiger charge is 2.30. The monoisotopic (exact) mass is 315 g/mol. The molecule has 1 nitrogen and oxygen atoms in total. The molecule has 0 unspecified atom stereocenters. The molecule has 0 fully saturated rings. The number of alkyl halides is 3. The van der Waals surface area contributed by atoms with Gasteiger partial charge < -0.3 is 0 Å². The Balaban J connectivity index is 1.78. The van der Waals surface area contributed by atoms with Gasteiger partial charge in [-0.2, -0.15) is 13.2 Å². The van der Waals surface area contributed by atoms with E-state index in [1.54, 1.807) is 12.1 Å². The van der Waals surface area contributed by atoms with Gasteiger partial charge in [-0.15, -0.1) is 0 Å². The zero-order chi connectivity index (χ0) is 16.4. The van der Waals surface area contributed by atoms with Gasteiger partial charge >= 0.3 is 6.18 Å². The van der Waals surface area contributed by atoms with Crippen molar-refractivity contribution in [2.45, 2.75) is 25.4 Å². The number of aromatic nitrogens is 1. The Morgan fingerprint density at radius 1 is 0.913 bits per heavy atom. The molecule has 3 rings (SSSR count). The van der Waals surface area contributed by atoms with Gasteiger partial charge in [0.2, 0.25) is 0 Å². The van der Waals surface area contributed by atoms with Crippen molar-refractivity contribution in [3.05, 3.63) is 77.5 Å². The van der Waals surface area contributed by atoms with Gasteiger partial charge in [0.05, 0.1) is 11.1 Å². The second-order valence-electron chi connectivity index (χ2n) is 5.72. The van der Waals surface area contributed by atoms with Crippen molar-refractivity contribution in [2.24, 2.45) is 0 Å². The van der Waals surface area contributed by atoms with Crippen LogP contribution in [0.25, 0.3) is 10.9 Å². The highest BCUT2D eigenvalue weighted by atomic mass is 19.4. The van der Waals surface area contributed by atoms with E-state index in [4.69, 9.17) is 0 Å². The van der Waals surface area contributed by atoms with Crippen LogP contribution in [0.2, 0.25) is 0 Å². The number of para-hydroxylation sites is 1. The fraction of sp³-hybridized carbons (Fsp3) is 0.211. The molecule has 0 aliphatic carbocycles. The predicted octanol–water partition coefficient (Wildman–Crippen LogP) is 5.60. The minimum Gasteiger partial charge on any atom is -0.253 e. The van der Waals surface area contributed by atoms with Gasteiger partial charge in [-0.05, 0) is 42.2 Å². The molecule has 0 radical (unpaired) electrons. The number of nitrogens with zero attached hydrogens (tertiary/aromatic N) is 1. The minimum absolute atomic E-state index is 0.103. The summed E-state index contributed by atoms with van der Waals surface area (Å²) in [5, 5.41) is 1.08. The summed E-state index contributed by atoms with van der Waals surface area (Å²) in [6.45, 7) is 2.00. The maximum Gasteiger partial charge on any atom is 0.416 e. The van der Waals surface area contributed by atoms with Gasteiger partial charge in [-0.25, -0.2) is 0 Å². The maximum atomic E-state index is 12.6. The SMILES string of the molecule is C[C@H](Cc1ccc2ccccc2n1)c1ccc(C(F)(F)F)cc1. The largest absolute Gasteiger partial charge is 0.416 e. The number of pyridine rings is 1. The van der Waals surface area contributed by atoms with Crippen molar-refractivity contribution in [3.63, 3.8) is 0 Å². The summed E-state index contributed by atoms with van der Waals surface area (Å²) >= 11 is 0. The number of benzene rings is 2.